The molecule has 0 aromatic carbocycles. The molecule has 1 heterocycles. The number of fused-ring (bicyclic) bond motifs is 2. The van der Waals surface area contributed by atoms with Crippen LogP contribution in [0, 0.1) is 11.8 Å². The van der Waals surface area contributed by atoms with E-state index in [4.69, 9.17) is 4.52 Å². The lowest BCUT2D eigenvalue weighted by Crippen LogP contribution is -2.16. The highest BCUT2D eigenvalue weighted by molar-refractivity contribution is 5.06. The highest BCUT2D eigenvalue weighted by Gasteiger charge is 2.42. The van der Waals surface area contributed by atoms with Crippen molar-refractivity contribution in [2.75, 3.05) is 13.1 Å². The van der Waals surface area contributed by atoms with Crippen molar-refractivity contribution < 1.29 is 4.52 Å². The van der Waals surface area contributed by atoms with Crippen molar-refractivity contribution in [2.24, 2.45) is 11.8 Å². The molecule has 94 valence electrons. The van der Waals surface area contributed by atoms with Gasteiger partial charge in [0.25, 0.3) is 0 Å². The average molecular weight is 235 g/mol. The van der Waals surface area contributed by atoms with Gasteiger partial charge in [-0.15, -0.1) is 0 Å². The summed E-state index contributed by atoms with van der Waals surface area (Å²) in [4.78, 5) is 4.57. The molecule has 4 heteroatoms. The molecule has 0 radical (unpaired) electrons. The zero-order valence-corrected chi connectivity index (χ0v) is 10.5. The van der Waals surface area contributed by atoms with Crippen LogP contribution in [0.3, 0.4) is 0 Å². The summed E-state index contributed by atoms with van der Waals surface area (Å²) < 4.78 is 5.33. The predicted octanol–water partition coefficient (Wildman–Crippen LogP) is 2.13. The maximum Gasteiger partial charge on any atom is 0.227 e. The Labute approximate surface area is 102 Å². The van der Waals surface area contributed by atoms with Gasteiger partial charge in [-0.05, 0) is 37.6 Å². The largest absolute Gasteiger partial charge is 0.339 e. The van der Waals surface area contributed by atoms with E-state index in [0.717, 1.165) is 43.1 Å². The molecule has 0 aliphatic heterocycles. The van der Waals surface area contributed by atoms with Crippen molar-refractivity contribution >= 4 is 0 Å². The number of hydrogen-bond acceptors (Lipinski definition) is 4. The van der Waals surface area contributed by atoms with Gasteiger partial charge in [0.15, 0.2) is 5.82 Å². The summed E-state index contributed by atoms with van der Waals surface area (Å²) in [5, 5.41) is 7.46. The summed E-state index contributed by atoms with van der Waals surface area (Å²) in [5.74, 6) is 4.13. The molecule has 0 spiro atoms. The molecule has 1 N–H and O–H groups in total. The Hall–Kier alpha value is -0.900. The molecule has 2 aliphatic rings. The van der Waals surface area contributed by atoms with Crippen molar-refractivity contribution in [3.05, 3.63) is 11.7 Å². The van der Waals surface area contributed by atoms with Crippen molar-refractivity contribution in [3.8, 4) is 0 Å². The predicted molar refractivity (Wildman–Crippen MR) is 64.7 cm³/mol. The minimum atomic E-state index is 0.588. The van der Waals surface area contributed by atoms with Crippen LogP contribution in [0.25, 0.3) is 0 Å². The second kappa shape index (κ2) is 4.77. The maximum atomic E-state index is 5.33. The molecule has 1 aromatic heterocycles. The Morgan fingerprint density at radius 2 is 2.29 bits per heavy atom. The molecule has 0 amide bonds. The third-order valence-electron chi connectivity index (χ3n) is 4.32. The number of aromatic nitrogens is 2. The molecule has 2 aliphatic carbocycles. The van der Waals surface area contributed by atoms with E-state index in [1.165, 1.54) is 25.7 Å². The summed E-state index contributed by atoms with van der Waals surface area (Å²) in [6, 6.07) is 0. The van der Waals surface area contributed by atoms with E-state index in [9.17, 15) is 0 Å². The van der Waals surface area contributed by atoms with Gasteiger partial charge in [0.1, 0.15) is 0 Å². The fraction of sp³-hybridized carbons (Fsp3) is 0.846. The molecule has 3 unspecified atom stereocenters. The van der Waals surface area contributed by atoms with E-state index in [0.29, 0.717) is 5.92 Å². The zero-order valence-electron chi connectivity index (χ0n) is 10.5. The lowest BCUT2D eigenvalue weighted by atomic mass is 9.88. The van der Waals surface area contributed by atoms with Crippen LogP contribution in [-0.4, -0.2) is 23.2 Å². The second-order valence-electron chi connectivity index (χ2n) is 5.43. The van der Waals surface area contributed by atoms with Crippen molar-refractivity contribution in [3.63, 3.8) is 0 Å². The van der Waals surface area contributed by atoms with Crippen LogP contribution >= 0.6 is 0 Å². The molecule has 3 atom stereocenters. The van der Waals surface area contributed by atoms with Gasteiger partial charge >= 0.3 is 0 Å². The molecular formula is C13H21N3O. The van der Waals surface area contributed by atoms with E-state index < -0.39 is 0 Å². The molecule has 2 fully saturated rings. The van der Waals surface area contributed by atoms with E-state index in [-0.39, 0.29) is 0 Å². The molecular weight excluding hydrogens is 214 g/mol. The van der Waals surface area contributed by atoms with Gasteiger partial charge in [-0.2, -0.15) is 4.98 Å². The van der Waals surface area contributed by atoms with Crippen LogP contribution in [0.5, 0.6) is 0 Å². The van der Waals surface area contributed by atoms with Crippen LogP contribution in [0.15, 0.2) is 4.52 Å². The first-order valence-electron chi connectivity index (χ1n) is 6.90. The fourth-order valence-corrected chi connectivity index (χ4v) is 3.45. The summed E-state index contributed by atoms with van der Waals surface area (Å²) in [6.45, 7) is 4.02. The molecule has 3 rings (SSSR count). The van der Waals surface area contributed by atoms with Gasteiger partial charge < -0.3 is 9.84 Å². The molecule has 2 saturated carbocycles. The van der Waals surface area contributed by atoms with E-state index >= 15 is 0 Å². The first-order valence-corrected chi connectivity index (χ1v) is 6.90. The summed E-state index contributed by atoms with van der Waals surface area (Å²) in [7, 11) is 0. The number of rotatable bonds is 5. The lowest BCUT2D eigenvalue weighted by Gasteiger charge is -2.17. The number of nitrogens with one attached hydrogen (secondary N) is 1. The Kier molecular flexibility index (Phi) is 3.14. The van der Waals surface area contributed by atoms with Crippen molar-refractivity contribution in [2.45, 2.75) is 44.9 Å². The van der Waals surface area contributed by atoms with Crippen LogP contribution in [0.4, 0.5) is 0 Å². The highest BCUT2D eigenvalue weighted by Crippen LogP contribution is 2.52. The lowest BCUT2D eigenvalue weighted by molar-refractivity contribution is 0.350. The minimum absolute atomic E-state index is 0.588. The zero-order chi connectivity index (χ0) is 11.7. The normalized spacial score (nSPS) is 31.2. The van der Waals surface area contributed by atoms with Crippen molar-refractivity contribution in [1.29, 1.82) is 0 Å². The van der Waals surface area contributed by atoms with Gasteiger partial charge in [-0.3, -0.25) is 0 Å². The fourth-order valence-electron chi connectivity index (χ4n) is 3.45. The van der Waals surface area contributed by atoms with Gasteiger partial charge in [-0.1, -0.05) is 18.5 Å². The number of likely N-dealkylation sites (N-methyl/N-ethyl adjacent to an activating group) is 1. The van der Waals surface area contributed by atoms with Crippen LogP contribution < -0.4 is 5.32 Å². The number of hydrogen-bond donors (Lipinski definition) is 1. The standard InChI is InChI=1S/C13H21N3O/c1-2-14-6-5-12-15-13(16-17-12)11-8-9-3-4-10(11)7-9/h9-11,14H,2-8H2,1H3. The quantitative estimate of drug-likeness (QED) is 0.794. The van der Waals surface area contributed by atoms with E-state index in [1.807, 2.05) is 0 Å². The Morgan fingerprint density at radius 1 is 1.35 bits per heavy atom. The highest BCUT2D eigenvalue weighted by atomic mass is 16.5. The first-order chi connectivity index (χ1) is 8.36. The van der Waals surface area contributed by atoms with Crippen LogP contribution in [-0.2, 0) is 6.42 Å². The van der Waals surface area contributed by atoms with Gasteiger partial charge in [0.2, 0.25) is 5.89 Å². The van der Waals surface area contributed by atoms with Crippen LogP contribution in [0.1, 0.15) is 50.2 Å². The Balaban J connectivity index is 1.60. The first kappa shape index (κ1) is 11.2. The summed E-state index contributed by atoms with van der Waals surface area (Å²) in [5.41, 5.74) is 0. The second-order valence-corrected chi connectivity index (χ2v) is 5.43. The monoisotopic (exact) mass is 235 g/mol. The summed E-state index contributed by atoms with van der Waals surface area (Å²) in [6.07, 6.45) is 6.33. The molecule has 1 aromatic rings. The Bertz CT molecular complexity index is 376. The summed E-state index contributed by atoms with van der Waals surface area (Å²) >= 11 is 0. The molecule has 17 heavy (non-hydrogen) atoms. The average Bonchev–Trinajstić information content (AvgIpc) is 3.04. The van der Waals surface area contributed by atoms with Crippen molar-refractivity contribution in [1.82, 2.24) is 15.5 Å². The Morgan fingerprint density at radius 3 is 3.00 bits per heavy atom. The third kappa shape index (κ3) is 2.23. The maximum absolute atomic E-state index is 5.33. The third-order valence-corrected chi connectivity index (χ3v) is 4.32. The minimum Gasteiger partial charge on any atom is -0.339 e. The van der Waals surface area contributed by atoms with Gasteiger partial charge in [-0.25, -0.2) is 0 Å². The molecule has 0 saturated heterocycles. The smallest absolute Gasteiger partial charge is 0.227 e. The van der Waals surface area contributed by atoms with E-state index in [2.05, 4.69) is 22.4 Å². The van der Waals surface area contributed by atoms with E-state index in [1.54, 1.807) is 0 Å². The van der Waals surface area contributed by atoms with Gasteiger partial charge in [0.05, 0.1) is 0 Å². The van der Waals surface area contributed by atoms with Crippen LogP contribution in [0.2, 0.25) is 0 Å². The molecule has 2 bridgehead atoms. The number of nitrogens with zero attached hydrogens (tertiary/aromatic N) is 2. The van der Waals surface area contributed by atoms with Gasteiger partial charge in [0, 0.05) is 18.9 Å². The molecule has 4 nitrogen and oxygen atoms in total. The topological polar surface area (TPSA) is 51.0 Å². The SMILES string of the molecule is CCNCCc1nc(C2CC3CCC2C3)no1.